The summed E-state index contributed by atoms with van der Waals surface area (Å²) in [5.74, 6) is 0.259. The molecule has 1 N–H and O–H groups in total. The molecule has 2 aliphatic rings. The minimum atomic E-state index is -0.0686. The van der Waals surface area contributed by atoms with Crippen LogP contribution in [-0.4, -0.2) is 49.1 Å². The molecule has 1 heterocycles. The van der Waals surface area contributed by atoms with E-state index in [-0.39, 0.29) is 23.8 Å². The zero-order valence-electron chi connectivity index (χ0n) is 15.7. The molecule has 1 aliphatic heterocycles. The number of halogens is 1. The molecule has 26 heavy (non-hydrogen) atoms. The normalized spacial score (nSPS) is 25.0. The summed E-state index contributed by atoms with van der Waals surface area (Å²) >= 11 is 5.75. The summed E-state index contributed by atoms with van der Waals surface area (Å²) < 4.78 is 5.31. The maximum Gasteiger partial charge on any atom is 0.247 e. The molecule has 144 valence electrons. The minimum Gasteiger partial charge on any atom is -0.378 e. The summed E-state index contributed by atoms with van der Waals surface area (Å²) in [4.78, 5) is 26.8. The highest BCUT2D eigenvalue weighted by Crippen LogP contribution is 2.26. The first-order valence-corrected chi connectivity index (χ1v) is 9.63. The first kappa shape index (κ1) is 20.7. The molecule has 0 unspecified atom stereocenters. The van der Waals surface area contributed by atoms with Crippen molar-refractivity contribution in [2.45, 2.75) is 45.6 Å². The Morgan fingerprint density at radius 3 is 2.31 bits per heavy atom. The summed E-state index contributed by atoms with van der Waals surface area (Å²) in [5, 5.41) is 3.52. The smallest absolute Gasteiger partial charge is 0.247 e. The molecule has 1 aliphatic carbocycles. The molecule has 0 bridgehead atoms. The topological polar surface area (TPSA) is 58.6 Å². The van der Waals surface area contributed by atoms with Crippen LogP contribution in [0, 0.1) is 5.92 Å². The van der Waals surface area contributed by atoms with Gasteiger partial charge in [-0.25, -0.2) is 0 Å². The summed E-state index contributed by atoms with van der Waals surface area (Å²) in [6.45, 7) is 9.94. The third-order valence-corrected chi connectivity index (χ3v) is 5.03. The largest absolute Gasteiger partial charge is 0.378 e. The average Bonchev–Trinajstić information content (AvgIpc) is 2.61. The van der Waals surface area contributed by atoms with Crippen LogP contribution in [0.2, 0.25) is 0 Å². The molecular formula is C20H29ClN2O3. The predicted molar refractivity (Wildman–Crippen MR) is 104 cm³/mol. The van der Waals surface area contributed by atoms with Crippen LogP contribution >= 0.6 is 11.6 Å². The molecule has 5 nitrogen and oxygen atoms in total. The molecule has 0 atom stereocenters. The zero-order valence-corrected chi connectivity index (χ0v) is 16.5. The summed E-state index contributed by atoms with van der Waals surface area (Å²) in [7, 11) is 0. The van der Waals surface area contributed by atoms with Crippen LogP contribution < -0.4 is 5.32 Å². The summed E-state index contributed by atoms with van der Waals surface area (Å²) in [5.41, 5.74) is 1.53. The lowest BCUT2D eigenvalue weighted by atomic mass is 9.85. The molecule has 0 aromatic rings. The molecule has 6 heteroatoms. The van der Waals surface area contributed by atoms with Crippen molar-refractivity contribution in [2.75, 3.05) is 26.3 Å². The zero-order chi connectivity index (χ0) is 19.1. The molecule has 0 aromatic heterocycles. The molecular weight excluding hydrogens is 352 g/mol. The highest BCUT2D eigenvalue weighted by Gasteiger charge is 2.30. The fourth-order valence-electron chi connectivity index (χ4n) is 3.52. The molecule has 2 rings (SSSR count). The number of hydrogen-bond donors (Lipinski definition) is 1. The van der Waals surface area contributed by atoms with Crippen molar-refractivity contribution in [1.82, 2.24) is 10.2 Å². The van der Waals surface area contributed by atoms with Gasteiger partial charge in [-0.15, -0.1) is 0 Å². The Labute approximate surface area is 161 Å². The van der Waals surface area contributed by atoms with Gasteiger partial charge in [-0.1, -0.05) is 24.3 Å². The average molecular weight is 381 g/mol. The SMILES string of the molecule is C=C(Cl)/C=C(C)/C=C(\C)C(=O)NC1CCC(C(=O)N2CCOCC2)CC1. The second-order valence-corrected chi connectivity index (χ2v) is 7.61. The lowest BCUT2D eigenvalue weighted by molar-refractivity contribution is -0.140. The van der Waals surface area contributed by atoms with Gasteiger partial charge >= 0.3 is 0 Å². The third kappa shape index (κ3) is 6.29. The van der Waals surface area contributed by atoms with Gasteiger partial charge in [0.2, 0.25) is 11.8 Å². The van der Waals surface area contributed by atoms with Gasteiger partial charge in [-0.3, -0.25) is 9.59 Å². The van der Waals surface area contributed by atoms with Crippen molar-refractivity contribution in [3.63, 3.8) is 0 Å². The van der Waals surface area contributed by atoms with Crippen LogP contribution in [0.5, 0.6) is 0 Å². The Morgan fingerprint density at radius 2 is 1.73 bits per heavy atom. The van der Waals surface area contributed by atoms with Crippen molar-refractivity contribution in [1.29, 1.82) is 0 Å². The highest BCUT2D eigenvalue weighted by molar-refractivity contribution is 6.30. The van der Waals surface area contributed by atoms with Crippen LogP contribution in [0.3, 0.4) is 0 Å². The number of morpholine rings is 1. The number of carbonyl (C=O) groups is 2. The van der Waals surface area contributed by atoms with E-state index in [4.69, 9.17) is 16.3 Å². The van der Waals surface area contributed by atoms with Gasteiger partial charge in [0.05, 0.1) is 13.2 Å². The van der Waals surface area contributed by atoms with E-state index >= 15 is 0 Å². The van der Waals surface area contributed by atoms with E-state index in [9.17, 15) is 9.59 Å². The highest BCUT2D eigenvalue weighted by atomic mass is 35.5. The predicted octanol–water partition coefficient (Wildman–Crippen LogP) is 3.17. The molecule has 1 saturated heterocycles. The van der Waals surface area contributed by atoms with Crippen molar-refractivity contribution in [3.05, 3.63) is 34.9 Å². The van der Waals surface area contributed by atoms with Crippen LogP contribution in [0.15, 0.2) is 34.9 Å². The Hall–Kier alpha value is -1.59. The third-order valence-electron chi connectivity index (χ3n) is 4.92. The van der Waals surface area contributed by atoms with E-state index in [1.165, 1.54) is 0 Å². The number of carbonyl (C=O) groups excluding carboxylic acids is 2. The van der Waals surface area contributed by atoms with Gasteiger partial charge in [0, 0.05) is 35.7 Å². The van der Waals surface area contributed by atoms with E-state index in [0.29, 0.717) is 36.9 Å². The summed E-state index contributed by atoms with van der Waals surface area (Å²) in [6, 6.07) is 0.131. The number of ether oxygens (including phenoxy) is 1. The van der Waals surface area contributed by atoms with Gasteiger partial charge in [0.15, 0.2) is 0 Å². The Balaban J connectivity index is 1.80. The number of rotatable bonds is 5. The fraction of sp³-hybridized carbons (Fsp3) is 0.600. The summed E-state index contributed by atoms with van der Waals surface area (Å²) in [6.07, 6.45) is 6.86. The van der Waals surface area contributed by atoms with E-state index in [1.807, 2.05) is 11.8 Å². The van der Waals surface area contributed by atoms with E-state index in [1.54, 1.807) is 19.1 Å². The Kier molecular flexibility index (Phi) is 7.91. The lowest BCUT2D eigenvalue weighted by Crippen LogP contribution is -2.46. The van der Waals surface area contributed by atoms with Crippen LogP contribution in [0.1, 0.15) is 39.5 Å². The van der Waals surface area contributed by atoms with Crippen molar-refractivity contribution < 1.29 is 14.3 Å². The van der Waals surface area contributed by atoms with E-state index in [2.05, 4.69) is 11.9 Å². The van der Waals surface area contributed by atoms with Gasteiger partial charge in [0.1, 0.15) is 0 Å². The number of allylic oxidation sites excluding steroid dienone is 4. The first-order chi connectivity index (χ1) is 12.4. The molecule has 0 aromatic carbocycles. The monoisotopic (exact) mass is 380 g/mol. The molecule has 1 saturated carbocycles. The second-order valence-electron chi connectivity index (χ2n) is 7.12. The fourth-order valence-corrected chi connectivity index (χ4v) is 3.69. The van der Waals surface area contributed by atoms with Crippen LogP contribution in [0.25, 0.3) is 0 Å². The van der Waals surface area contributed by atoms with Crippen molar-refractivity contribution in [2.24, 2.45) is 5.92 Å². The van der Waals surface area contributed by atoms with Gasteiger partial charge in [0.25, 0.3) is 0 Å². The number of nitrogens with one attached hydrogen (secondary N) is 1. The van der Waals surface area contributed by atoms with Gasteiger partial charge < -0.3 is 15.0 Å². The maximum absolute atomic E-state index is 12.5. The van der Waals surface area contributed by atoms with Crippen molar-refractivity contribution >= 4 is 23.4 Å². The first-order valence-electron chi connectivity index (χ1n) is 9.25. The number of nitrogens with zero attached hydrogens (tertiary/aromatic N) is 1. The maximum atomic E-state index is 12.5. The van der Waals surface area contributed by atoms with E-state index < -0.39 is 0 Å². The number of amides is 2. The standard InChI is InChI=1S/C20H29ClN2O3/c1-14(13-16(3)21)12-15(2)19(24)22-18-6-4-17(5-7-18)20(25)23-8-10-26-11-9-23/h12-13,17-18H,3-11H2,1-2H3,(H,22,24)/b14-13+,15-12+. The van der Waals surface area contributed by atoms with Crippen LogP contribution in [0.4, 0.5) is 0 Å². The molecule has 2 fully saturated rings. The molecule has 0 radical (unpaired) electrons. The van der Waals surface area contributed by atoms with E-state index in [0.717, 1.165) is 31.3 Å². The second kappa shape index (κ2) is 9.93. The Bertz CT molecular complexity index is 598. The quantitative estimate of drug-likeness (QED) is 0.588. The van der Waals surface area contributed by atoms with Gasteiger partial charge in [-0.2, -0.15) is 0 Å². The minimum absolute atomic E-state index is 0.0686. The van der Waals surface area contributed by atoms with Crippen molar-refractivity contribution in [3.8, 4) is 0 Å². The van der Waals surface area contributed by atoms with Gasteiger partial charge in [-0.05, 0) is 51.2 Å². The lowest BCUT2D eigenvalue weighted by Gasteiger charge is -2.34. The number of hydrogen-bond acceptors (Lipinski definition) is 3. The molecule has 2 amide bonds. The van der Waals surface area contributed by atoms with Crippen LogP contribution in [-0.2, 0) is 14.3 Å². The Morgan fingerprint density at radius 1 is 1.12 bits per heavy atom. The molecule has 0 spiro atoms.